The number of alkyl halides is 2. The number of nitro groups is 1. The van der Waals surface area contributed by atoms with Crippen molar-refractivity contribution in [2.75, 3.05) is 25.0 Å². The van der Waals surface area contributed by atoms with Gasteiger partial charge in [0, 0.05) is 25.3 Å². The number of aromatic nitrogens is 1. The molecule has 128 valence electrons. The Morgan fingerprint density at radius 3 is 2.75 bits per heavy atom. The predicted molar refractivity (Wildman–Crippen MR) is 87.5 cm³/mol. The van der Waals surface area contributed by atoms with E-state index in [1.165, 1.54) is 0 Å². The summed E-state index contributed by atoms with van der Waals surface area (Å²) in [6.07, 6.45) is 0.616. The molecule has 1 aromatic heterocycles. The van der Waals surface area contributed by atoms with Gasteiger partial charge in [-0.15, -0.1) is 0 Å². The first-order valence-corrected chi connectivity index (χ1v) is 7.84. The molecule has 6 nitrogen and oxygen atoms in total. The molecule has 0 bridgehead atoms. The average Bonchev–Trinajstić information content (AvgIpc) is 2.55. The maximum absolute atomic E-state index is 12.4. The fourth-order valence-electron chi connectivity index (χ4n) is 3.12. The van der Waals surface area contributed by atoms with E-state index in [4.69, 9.17) is 0 Å². The van der Waals surface area contributed by atoms with Gasteiger partial charge in [0.15, 0.2) is 0 Å². The highest BCUT2D eigenvalue weighted by molar-refractivity contribution is 5.94. The van der Waals surface area contributed by atoms with E-state index in [-0.39, 0.29) is 18.3 Å². The minimum absolute atomic E-state index is 0.00982. The predicted octanol–water partition coefficient (Wildman–Crippen LogP) is 3.28. The normalized spacial score (nSPS) is 16.6. The van der Waals surface area contributed by atoms with Crippen molar-refractivity contribution in [2.45, 2.75) is 25.3 Å². The van der Waals surface area contributed by atoms with Crippen LogP contribution in [-0.2, 0) is 0 Å². The zero-order chi connectivity index (χ0) is 17.1. The maximum Gasteiger partial charge on any atom is 0.301 e. The molecule has 0 spiro atoms. The van der Waals surface area contributed by atoms with Gasteiger partial charge in [0.05, 0.1) is 22.4 Å². The van der Waals surface area contributed by atoms with Gasteiger partial charge < -0.3 is 5.32 Å². The van der Waals surface area contributed by atoms with Gasteiger partial charge >= 0.3 is 5.69 Å². The van der Waals surface area contributed by atoms with Gasteiger partial charge in [-0.1, -0.05) is 0 Å². The molecule has 0 saturated carbocycles. The van der Waals surface area contributed by atoms with Gasteiger partial charge in [-0.2, -0.15) is 0 Å². The number of pyridine rings is 1. The molecule has 8 heteroatoms. The van der Waals surface area contributed by atoms with Gasteiger partial charge in [0.1, 0.15) is 5.69 Å². The first-order chi connectivity index (χ1) is 11.5. The van der Waals surface area contributed by atoms with Crippen LogP contribution in [0, 0.1) is 10.1 Å². The Balaban J connectivity index is 1.76. The monoisotopic (exact) mass is 336 g/mol. The number of nitrogens with zero attached hydrogens (tertiary/aromatic N) is 3. The molecule has 0 aliphatic carbocycles. The van der Waals surface area contributed by atoms with Gasteiger partial charge in [-0.25, -0.2) is 8.78 Å². The summed E-state index contributed by atoms with van der Waals surface area (Å²) in [5.41, 5.74) is 1.03. The molecular weight excluding hydrogens is 318 g/mol. The Kier molecular flexibility index (Phi) is 4.84. The summed E-state index contributed by atoms with van der Waals surface area (Å²) in [4.78, 5) is 17.0. The Morgan fingerprint density at radius 2 is 2.08 bits per heavy atom. The molecule has 0 amide bonds. The van der Waals surface area contributed by atoms with Crippen LogP contribution in [0.15, 0.2) is 30.5 Å². The number of anilines is 1. The van der Waals surface area contributed by atoms with Crippen LogP contribution < -0.4 is 5.32 Å². The van der Waals surface area contributed by atoms with Crippen LogP contribution in [0.1, 0.15) is 12.8 Å². The quantitative estimate of drug-likeness (QED) is 0.670. The molecule has 1 saturated heterocycles. The highest BCUT2D eigenvalue weighted by Crippen LogP contribution is 2.33. The van der Waals surface area contributed by atoms with Crippen LogP contribution in [0.3, 0.4) is 0 Å². The first-order valence-electron chi connectivity index (χ1n) is 7.84. The number of hydrogen-bond donors (Lipinski definition) is 1. The van der Waals surface area contributed by atoms with E-state index >= 15 is 0 Å². The molecule has 0 atom stereocenters. The number of hydrogen-bond acceptors (Lipinski definition) is 5. The Labute approximate surface area is 137 Å². The van der Waals surface area contributed by atoms with Crippen molar-refractivity contribution in [3.63, 3.8) is 0 Å². The van der Waals surface area contributed by atoms with Crippen LogP contribution >= 0.6 is 0 Å². The van der Waals surface area contributed by atoms with Crippen LogP contribution in [0.25, 0.3) is 10.9 Å². The number of benzene rings is 1. The van der Waals surface area contributed by atoms with Crippen molar-refractivity contribution in [3.05, 3.63) is 40.6 Å². The van der Waals surface area contributed by atoms with E-state index in [9.17, 15) is 18.9 Å². The lowest BCUT2D eigenvalue weighted by atomic mass is 10.0. The third kappa shape index (κ3) is 3.59. The maximum atomic E-state index is 12.4. The minimum atomic E-state index is -2.33. The van der Waals surface area contributed by atoms with Crippen molar-refractivity contribution < 1.29 is 13.7 Å². The molecule has 1 aliphatic heterocycles. The largest absolute Gasteiger partial charge is 0.377 e. The molecule has 1 fully saturated rings. The standard InChI is InChI=1S/C16H18F2N4O2/c17-15(18)10-21-8-5-11(6-9-21)20-14-4-3-13-12(2-1-7-19-13)16(14)22(23)24/h1-4,7,11,15,20H,5-6,8-10H2. The van der Waals surface area contributed by atoms with Crippen LogP contribution in [0.5, 0.6) is 0 Å². The fourth-order valence-corrected chi connectivity index (χ4v) is 3.12. The summed E-state index contributed by atoms with van der Waals surface area (Å²) < 4.78 is 24.8. The second kappa shape index (κ2) is 7.04. The average molecular weight is 336 g/mol. The number of nitro benzene ring substituents is 1. The first kappa shape index (κ1) is 16.5. The molecule has 2 aromatic rings. The topological polar surface area (TPSA) is 71.3 Å². The molecule has 1 aromatic carbocycles. The van der Waals surface area contributed by atoms with Crippen LogP contribution in [0.2, 0.25) is 0 Å². The fraction of sp³-hybridized carbons (Fsp3) is 0.438. The SMILES string of the molecule is O=[N+]([O-])c1c(NC2CCN(CC(F)F)CC2)ccc2ncccc12. The molecule has 24 heavy (non-hydrogen) atoms. The molecule has 1 N–H and O–H groups in total. The van der Waals surface area contributed by atoms with Crippen LogP contribution in [-0.4, -0.2) is 46.9 Å². The van der Waals surface area contributed by atoms with E-state index in [1.54, 1.807) is 35.4 Å². The van der Waals surface area contributed by atoms with Gasteiger partial charge in [-0.3, -0.25) is 20.0 Å². The number of fused-ring (bicyclic) bond motifs is 1. The van der Waals surface area contributed by atoms with Crippen molar-refractivity contribution in [2.24, 2.45) is 0 Å². The highest BCUT2D eigenvalue weighted by Gasteiger charge is 2.25. The summed E-state index contributed by atoms with van der Waals surface area (Å²) in [7, 11) is 0. The van der Waals surface area contributed by atoms with Crippen LogP contribution in [0.4, 0.5) is 20.2 Å². The van der Waals surface area contributed by atoms with Crippen molar-refractivity contribution in [1.82, 2.24) is 9.88 Å². The van der Waals surface area contributed by atoms with Gasteiger partial charge in [0.2, 0.25) is 0 Å². The summed E-state index contributed by atoms with van der Waals surface area (Å²) >= 11 is 0. The van der Waals surface area contributed by atoms with Gasteiger partial charge in [0.25, 0.3) is 6.43 Å². The lowest BCUT2D eigenvalue weighted by Gasteiger charge is -2.32. The number of rotatable bonds is 5. The van der Waals surface area contributed by atoms with E-state index < -0.39 is 11.3 Å². The molecule has 1 aliphatic rings. The Bertz CT molecular complexity index is 733. The molecule has 0 radical (unpaired) electrons. The van der Waals surface area contributed by atoms with Gasteiger partial charge in [-0.05, 0) is 37.1 Å². The van der Waals surface area contributed by atoms with E-state index in [0.29, 0.717) is 42.5 Å². The van der Waals surface area contributed by atoms with Crippen molar-refractivity contribution in [3.8, 4) is 0 Å². The van der Waals surface area contributed by atoms with Crippen molar-refractivity contribution >= 4 is 22.3 Å². The number of piperidine rings is 1. The molecule has 0 unspecified atom stereocenters. The highest BCUT2D eigenvalue weighted by atomic mass is 19.3. The third-order valence-corrected chi connectivity index (χ3v) is 4.28. The molecular formula is C16H18F2N4O2. The Hall–Kier alpha value is -2.35. The second-order valence-corrected chi connectivity index (χ2v) is 5.90. The third-order valence-electron chi connectivity index (χ3n) is 4.28. The number of halogens is 2. The number of likely N-dealkylation sites (tertiary alicyclic amines) is 1. The lowest BCUT2D eigenvalue weighted by Crippen LogP contribution is -2.41. The van der Waals surface area contributed by atoms with E-state index in [1.807, 2.05) is 0 Å². The molecule has 2 heterocycles. The zero-order valence-electron chi connectivity index (χ0n) is 13.0. The summed E-state index contributed by atoms with van der Waals surface area (Å²) in [6.45, 7) is 0.907. The van der Waals surface area contributed by atoms with Crippen molar-refractivity contribution in [1.29, 1.82) is 0 Å². The summed E-state index contributed by atoms with van der Waals surface area (Å²) in [5.74, 6) is 0. The van der Waals surface area contributed by atoms with E-state index in [0.717, 1.165) is 0 Å². The van der Waals surface area contributed by atoms with E-state index in [2.05, 4.69) is 10.3 Å². The summed E-state index contributed by atoms with van der Waals surface area (Å²) in [5, 5.41) is 15.2. The second-order valence-electron chi connectivity index (χ2n) is 5.90. The lowest BCUT2D eigenvalue weighted by molar-refractivity contribution is -0.382. The molecule has 3 rings (SSSR count). The Morgan fingerprint density at radius 1 is 1.33 bits per heavy atom. The minimum Gasteiger partial charge on any atom is -0.377 e. The smallest absolute Gasteiger partial charge is 0.301 e. The summed E-state index contributed by atoms with van der Waals surface area (Å²) in [6, 6.07) is 6.79. The zero-order valence-corrected chi connectivity index (χ0v) is 13.0. The number of nitrogens with one attached hydrogen (secondary N) is 1.